The molecule has 0 radical (unpaired) electrons. The summed E-state index contributed by atoms with van der Waals surface area (Å²) in [4.78, 5) is 30.8. The molecule has 9 nitrogen and oxygen atoms in total. The van der Waals surface area contributed by atoms with Crippen molar-refractivity contribution in [3.63, 3.8) is 0 Å². The van der Waals surface area contributed by atoms with E-state index in [9.17, 15) is 14.0 Å². The van der Waals surface area contributed by atoms with E-state index in [4.69, 9.17) is 16.0 Å². The number of amidine groups is 1. The molecule has 0 atom stereocenters. The molecular weight excluding hydrogens is 415 g/mol. The molecule has 170 valence electrons. The Morgan fingerprint density at radius 3 is 2.66 bits per heavy atom. The van der Waals surface area contributed by atoms with Crippen molar-refractivity contribution in [2.45, 2.75) is 39.4 Å². The maximum Gasteiger partial charge on any atom is 0.259 e. The zero-order chi connectivity index (χ0) is 23.4. The van der Waals surface area contributed by atoms with Crippen LogP contribution >= 0.6 is 0 Å². The molecule has 1 aliphatic rings. The summed E-state index contributed by atoms with van der Waals surface area (Å²) in [6.07, 6.45) is 0.244. The second-order valence-electron chi connectivity index (χ2n) is 7.81. The van der Waals surface area contributed by atoms with E-state index in [0.717, 1.165) is 5.56 Å². The van der Waals surface area contributed by atoms with E-state index < -0.39 is 11.7 Å². The van der Waals surface area contributed by atoms with Crippen molar-refractivity contribution in [3.8, 4) is 0 Å². The molecule has 0 aliphatic carbocycles. The number of pyridine rings is 1. The van der Waals surface area contributed by atoms with Gasteiger partial charge >= 0.3 is 0 Å². The van der Waals surface area contributed by atoms with Gasteiger partial charge < -0.3 is 15.0 Å². The van der Waals surface area contributed by atoms with Crippen LogP contribution in [0.25, 0.3) is 0 Å². The Morgan fingerprint density at radius 2 is 2.00 bits per heavy atom. The van der Waals surface area contributed by atoms with Crippen LogP contribution in [0.4, 0.5) is 10.2 Å². The van der Waals surface area contributed by atoms with Crippen LogP contribution < -0.4 is 11.2 Å². The first-order chi connectivity index (χ1) is 15.2. The highest BCUT2D eigenvalue weighted by Crippen LogP contribution is 2.27. The van der Waals surface area contributed by atoms with Gasteiger partial charge in [0.05, 0.1) is 18.6 Å². The largest absolute Gasteiger partial charge is 0.384 e. The minimum absolute atomic E-state index is 0.00181. The molecule has 0 saturated carbocycles. The third kappa shape index (κ3) is 5.09. The predicted octanol–water partition coefficient (Wildman–Crippen LogP) is 2.26. The van der Waals surface area contributed by atoms with Crippen LogP contribution in [-0.4, -0.2) is 52.3 Å². The first-order valence-electron chi connectivity index (χ1n) is 10.2. The molecule has 4 N–H and O–H groups in total. The smallest absolute Gasteiger partial charge is 0.259 e. The van der Waals surface area contributed by atoms with E-state index in [2.05, 4.69) is 10.3 Å². The van der Waals surface area contributed by atoms with Crippen molar-refractivity contribution < 1.29 is 18.7 Å². The Labute approximate surface area is 185 Å². The van der Waals surface area contributed by atoms with Gasteiger partial charge in [0, 0.05) is 26.2 Å². The number of methoxy groups -OCH3 is 1. The molecule has 10 heteroatoms. The molecule has 0 spiro atoms. The van der Waals surface area contributed by atoms with E-state index in [0.29, 0.717) is 25.3 Å². The van der Waals surface area contributed by atoms with E-state index in [-0.39, 0.29) is 41.3 Å². The lowest BCUT2D eigenvalue weighted by molar-refractivity contribution is -0.132. The van der Waals surface area contributed by atoms with Gasteiger partial charge in [0.25, 0.3) is 5.91 Å². The van der Waals surface area contributed by atoms with Crippen LogP contribution in [0.1, 0.15) is 47.4 Å². The van der Waals surface area contributed by atoms with Crippen molar-refractivity contribution in [2.75, 3.05) is 19.0 Å². The van der Waals surface area contributed by atoms with E-state index in [1.54, 1.807) is 23.1 Å². The first kappa shape index (κ1) is 23.3. The van der Waals surface area contributed by atoms with Crippen LogP contribution in [0.3, 0.4) is 0 Å². The number of benzene rings is 1. The standard InChI is InChI=1S/C22H27FN6O3/c1-13(2)29(25)21(24)18-5-4-6-19(26-18)27-22(31)16-9-14-11-28(20(30)7-8-32-3)12-15(14)10-17(16)23/h4-6,9-10,13,24H,7-8,11-12,25H2,1-3H3,(H,26,27,31). The highest BCUT2D eigenvalue weighted by Gasteiger charge is 2.26. The van der Waals surface area contributed by atoms with Crippen LogP contribution in [0.15, 0.2) is 30.3 Å². The number of hydrogen-bond acceptors (Lipinski definition) is 6. The Kier molecular flexibility index (Phi) is 7.16. The molecule has 1 aromatic carbocycles. The summed E-state index contributed by atoms with van der Waals surface area (Å²) in [5.41, 5.74) is 1.54. The number of halogens is 1. The third-order valence-corrected chi connectivity index (χ3v) is 5.18. The Balaban J connectivity index is 1.74. The maximum absolute atomic E-state index is 14.7. The quantitative estimate of drug-likeness (QED) is 0.261. The zero-order valence-electron chi connectivity index (χ0n) is 18.3. The summed E-state index contributed by atoms with van der Waals surface area (Å²) < 4.78 is 19.6. The molecule has 3 rings (SSSR count). The van der Waals surface area contributed by atoms with Gasteiger partial charge in [-0.3, -0.25) is 20.0 Å². The average Bonchev–Trinajstić information content (AvgIpc) is 3.18. The Morgan fingerprint density at radius 1 is 1.31 bits per heavy atom. The molecule has 0 saturated heterocycles. The van der Waals surface area contributed by atoms with Crippen molar-refractivity contribution in [3.05, 3.63) is 58.5 Å². The minimum atomic E-state index is -0.677. The van der Waals surface area contributed by atoms with Gasteiger partial charge in [-0.25, -0.2) is 15.2 Å². The second-order valence-corrected chi connectivity index (χ2v) is 7.81. The predicted molar refractivity (Wildman–Crippen MR) is 117 cm³/mol. The number of nitrogens with one attached hydrogen (secondary N) is 2. The fraction of sp³-hybridized carbons (Fsp3) is 0.364. The van der Waals surface area contributed by atoms with E-state index in [1.165, 1.54) is 24.3 Å². The summed E-state index contributed by atoms with van der Waals surface area (Å²) in [7, 11) is 1.52. The molecule has 2 amide bonds. The number of carbonyl (C=O) groups excluding carboxylic acids is 2. The average molecular weight is 442 g/mol. The normalized spacial score (nSPS) is 12.6. The number of carbonyl (C=O) groups is 2. The number of hydrogen-bond donors (Lipinski definition) is 3. The second kappa shape index (κ2) is 9.84. The fourth-order valence-electron chi connectivity index (χ4n) is 3.33. The molecule has 2 aromatic rings. The number of aromatic nitrogens is 1. The molecule has 1 aliphatic heterocycles. The number of nitrogens with zero attached hydrogens (tertiary/aromatic N) is 3. The summed E-state index contributed by atoms with van der Waals surface area (Å²) in [5, 5.41) is 12.0. The summed E-state index contributed by atoms with van der Waals surface area (Å²) in [5.74, 6) is 4.60. The number of hydrazine groups is 1. The van der Waals surface area contributed by atoms with Gasteiger partial charge in [-0.2, -0.15) is 0 Å². The topological polar surface area (TPSA) is 125 Å². The van der Waals surface area contributed by atoms with Crippen LogP contribution in [0.2, 0.25) is 0 Å². The number of nitrogens with two attached hydrogens (primary N) is 1. The molecule has 0 unspecified atom stereocenters. The third-order valence-electron chi connectivity index (χ3n) is 5.18. The van der Waals surface area contributed by atoms with Crippen molar-refractivity contribution >= 4 is 23.5 Å². The van der Waals surface area contributed by atoms with Gasteiger partial charge in [-0.05, 0) is 49.2 Å². The lowest BCUT2D eigenvalue weighted by Crippen LogP contribution is -2.43. The molecule has 0 bridgehead atoms. The summed E-state index contributed by atoms with van der Waals surface area (Å²) in [6.45, 7) is 4.60. The summed E-state index contributed by atoms with van der Waals surface area (Å²) in [6, 6.07) is 7.43. The highest BCUT2D eigenvalue weighted by atomic mass is 19.1. The highest BCUT2D eigenvalue weighted by molar-refractivity contribution is 6.04. The van der Waals surface area contributed by atoms with Crippen LogP contribution in [0, 0.1) is 11.2 Å². The molecule has 1 aromatic heterocycles. The van der Waals surface area contributed by atoms with E-state index >= 15 is 0 Å². The first-order valence-corrected chi connectivity index (χ1v) is 10.2. The molecule has 32 heavy (non-hydrogen) atoms. The lowest BCUT2D eigenvalue weighted by Gasteiger charge is -2.23. The van der Waals surface area contributed by atoms with Crippen LogP contribution in [-0.2, 0) is 22.6 Å². The molecule has 0 fully saturated rings. The van der Waals surface area contributed by atoms with Gasteiger partial charge in [0.1, 0.15) is 17.3 Å². The molecular formula is C22H27FN6O3. The number of amides is 2. The van der Waals surface area contributed by atoms with Crippen LogP contribution in [0.5, 0.6) is 0 Å². The van der Waals surface area contributed by atoms with Gasteiger partial charge in [0.2, 0.25) is 5.91 Å². The monoisotopic (exact) mass is 442 g/mol. The SMILES string of the molecule is COCCC(=O)N1Cc2cc(F)c(C(=O)Nc3cccc(C(=N)N(N)C(C)C)n3)cc2C1. The lowest BCUT2D eigenvalue weighted by atomic mass is 10.1. The van der Waals surface area contributed by atoms with Crippen molar-refractivity contribution in [1.82, 2.24) is 14.9 Å². The summed E-state index contributed by atoms with van der Waals surface area (Å²) >= 11 is 0. The van der Waals surface area contributed by atoms with Gasteiger partial charge in [-0.1, -0.05) is 6.07 Å². The molecule has 2 heterocycles. The maximum atomic E-state index is 14.7. The minimum Gasteiger partial charge on any atom is -0.384 e. The number of anilines is 1. The Bertz CT molecular complexity index is 1040. The van der Waals surface area contributed by atoms with Crippen molar-refractivity contribution in [2.24, 2.45) is 5.84 Å². The fourth-order valence-corrected chi connectivity index (χ4v) is 3.33. The van der Waals surface area contributed by atoms with Crippen molar-refractivity contribution in [1.29, 1.82) is 5.41 Å². The van der Waals surface area contributed by atoms with E-state index in [1.807, 2.05) is 13.8 Å². The number of fused-ring (bicyclic) bond motifs is 1. The Hall–Kier alpha value is -3.37. The number of rotatable bonds is 7. The van der Waals surface area contributed by atoms with Gasteiger partial charge in [0.15, 0.2) is 5.84 Å². The zero-order valence-corrected chi connectivity index (χ0v) is 18.3. The number of ether oxygens (including phenoxy) is 1. The van der Waals surface area contributed by atoms with Gasteiger partial charge in [-0.15, -0.1) is 0 Å².